The molecule has 0 spiro atoms. The van der Waals surface area contributed by atoms with Gasteiger partial charge in [0.05, 0.1) is 28.2 Å². The minimum absolute atomic E-state index is 0.186. The number of benzene rings is 3. The largest absolute Gasteiger partial charge is 0.477 e. The molecule has 5 rings (SSSR count). The molecule has 0 fully saturated rings. The third-order valence-corrected chi connectivity index (χ3v) is 6.76. The Balaban J connectivity index is 1.65. The number of hydrogen-bond donors (Lipinski definition) is 0. The smallest absolute Gasteiger partial charge is 0.347 e. The quantitative estimate of drug-likeness (QED) is 0.141. The fourth-order valence-electron chi connectivity index (χ4n) is 3.92. The minimum atomic E-state index is -0.905. The van der Waals surface area contributed by atoms with Gasteiger partial charge in [-0.25, -0.2) is 9.78 Å². The summed E-state index contributed by atoms with van der Waals surface area (Å²) in [6.45, 7) is 3.51. The number of hydrogen-bond acceptors (Lipinski definition) is 7. The molecule has 0 amide bonds. The van der Waals surface area contributed by atoms with Crippen LogP contribution in [-0.2, 0) is 9.53 Å². The summed E-state index contributed by atoms with van der Waals surface area (Å²) in [7, 11) is 0. The van der Waals surface area contributed by atoms with Crippen molar-refractivity contribution in [2.75, 3.05) is 6.61 Å². The van der Waals surface area contributed by atoms with Gasteiger partial charge in [0.15, 0.2) is 11.9 Å². The molecule has 39 heavy (non-hydrogen) atoms. The second kappa shape index (κ2) is 11.2. The van der Waals surface area contributed by atoms with Crippen LogP contribution >= 0.6 is 39.1 Å². The van der Waals surface area contributed by atoms with Crippen molar-refractivity contribution >= 4 is 73.2 Å². The Labute approximate surface area is 240 Å². The van der Waals surface area contributed by atoms with Gasteiger partial charge in [-0.1, -0.05) is 35.3 Å². The lowest BCUT2D eigenvalue weighted by atomic mass is 10.2. The predicted molar refractivity (Wildman–Crippen MR) is 155 cm³/mol. The maximum atomic E-state index is 13.6. The third-order valence-electron chi connectivity index (χ3n) is 5.72. The highest BCUT2D eigenvalue weighted by molar-refractivity contribution is 9.10. The van der Waals surface area contributed by atoms with Crippen molar-refractivity contribution in [3.8, 4) is 17.3 Å². The van der Waals surface area contributed by atoms with Crippen molar-refractivity contribution in [1.29, 1.82) is 0 Å². The maximum absolute atomic E-state index is 13.6. The average Bonchev–Trinajstić information content (AvgIpc) is 3.33. The molecular formula is C28H20BrCl2N3O5. The number of nitrogens with zero attached hydrogens (tertiary/aromatic N) is 3. The van der Waals surface area contributed by atoms with Crippen LogP contribution in [0.3, 0.4) is 0 Å². The van der Waals surface area contributed by atoms with E-state index >= 15 is 0 Å². The Morgan fingerprint density at radius 3 is 2.74 bits per heavy atom. The summed E-state index contributed by atoms with van der Waals surface area (Å²) < 4.78 is 18.6. The van der Waals surface area contributed by atoms with E-state index in [9.17, 15) is 9.59 Å². The van der Waals surface area contributed by atoms with Crippen LogP contribution in [-0.4, -0.2) is 34.6 Å². The molecule has 0 aliphatic carbocycles. The van der Waals surface area contributed by atoms with E-state index in [1.165, 1.54) is 6.21 Å². The second-order valence-corrected chi connectivity index (χ2v) is 10.2. The van der Waals surface area contributed by atoms with Crippen molar-refractivity contribution in [3.63, 3.8) is 0 Å². The van der Waals surface area contributed by atoms with Gasteiger partial charge in [-0.2, -0.15) is 9.78 Å². The lowest BCUT2D eigenvalue weighted by Gasteiger charge is -2.17. The average molecular weight is 629 g/mol. The van der Waals surface area contributed by atoms with Crippen molar-refractivity contribution in [2.24, 2.45) is 5.10 Å². The standard InChI is InChI=1S/C28H20BrCl2N3O5/c1-3-37-28(36)15(2)38-25-17(11-19(31)13-21(25)29)14-32-34-26(33-22-7-5-4-6-20(22)27(34)35)24-12-16-10-18(30)8-9-23(16)39-24/h4-15H,3H2,1-2H3/t15-/m0/s1. The van der Waals surface area contributed by atoms with E-state index in [4.69, 9.17) is 37.1 Å². The molecule has 11 heteroatoms. The highest BCUT2D eigenvalue weighted by atomic mass is 79.9. The fraction of sp³-hybridized carbons (Fsp3) is 0.143. The van der Waals surface area contributed by atoms with Gasteiger partial charge in [0.2, 0.25) is 5.82 Å². The normalized spacial score (nSPS) is 12.3. The Kier molecular flexibility index (Phi) is 7.74. The Bertz CT molecular complexity index is 1820. The molecule has 0 aliphatic rings. The molecule has 0 aliphatic heterocycles. The van der Waals surface area contributed by atoms with Crippen LogP contribution in [0.4, 0.5) is 0 Å². The van der Waals surface area contributed by atoms with Gasteiger partial charge in [-0.05, 0) is 78.3 Å². The van der Waals surface area contributed by atoms with Crippen molar-refractivity contribution in [1.82, 2.24) is 9.66 Å². The highest BCUT2D eigenvalue weighted by Crippen LogP contribution is 2.33. The van der Waals surface area contributed by atoms with Gasteiger partial charge in [0.25, 0.3) is 5.56 Å². The Morgan fingerprint density at radius 1 is 1.15 bits per heavy atom. The van der Waals surface area contributed by atoms with Crippen LogP contribution in [0.2, 0.25) is 10.0 Å². The first kappa shape index (κ1) is 26.9. The van der Waals surface area contributed by atoms with E-state index in [1.807, 2.05) is 0 Å². The molecule has 0 saturated carbocycles. The van der Waals surface area contributed by atoms with Crippen LogP contribution in [0, 0.1) is 0 Å². The number of halogens is 3. The molecule has 0 bridgehead atoms. The van der Waals surface area contributed by atoms with Crippen molar-refractivity contribution < 1.29 is 18.7 Å². The van der Waals surface area contributed by atoms with Gasteiger partial charge in [0.1, 0.15) is 11.3 Å². The van der Waals surface area contributed by atoms with Gasteiger partial charge in [0, 0.05) is 21.0 Å². The van der Waals surface area contributed by atoms with Crippen LogP contribution in [0.15, 0.2) is 79.4 Å². The van der Waals surface area contributed by atoms with Crippen LogP contribution in [0.1, 0.15) is 19.4 Å². The molecular weight excluding hydrogens is 609 g/mol. The van der Waals surface area contributed by atoms with Crippen LogP contribution in [0.25, 0.3) is 33.5 Å². The second-order valence-electron chi connectivity index (χ2n) is 8.42. The summed E-state index contributed by atoms with van der Waals surface area (Å²) in [5, 5.41) is 6.53. The number of aromatic nitrogens is 2. The zero-order valence-electron chi connectivity index (χ0n) is 20.7. The molecule has 198 valence electrons. The number of furan rings is 1. The van der Waals surface area contributed by atoms with Crippen molar-refractivity contribution in [3.05, 3.63) is 91.1 Å². The molecule has 0 unspecified atom stereocenters. The number of esters is 1. The van der Waals surface area contributed by atoms with Gasteiger partial charge >= 0.3 is 5.97 Å². The summed E-state index contributed by atoms with van der Waals surface area (Å²) in [4.78, 5) is 30.5. The molecule has 5 aromatic rings. The zero-order chi connectivity index (χ0) is 27.7. The van der Waals surface area contributed by atoms with E-state index < -0.39 is 17.6 Å². The molecule has 1 atom stereocenters. The molecule has 2 aromatic heterocycles. The summed E-state index contributed by atoms with van der Waals surface area (Å²) >= 11 is 15.9. The highest BCUT2D eigenvalue weighted by Gasteiger charge is 2.21. The monoisotopic (exact) mass is 627 g/mol. The van der Waals surface area contributed by atoms with E-state index in [-0.39, 0.29) is 12.4 Å². The Hall–Kier alpha value is -3.66. The first-order valence-corrected chi connectivity index (χ1v) is 13.4. The van der Waals surface area contributed by atoms with E-state index in [1.54, 1.807) is 74.5 Å². The van der Waals surface area contributed by atoms with Gasteiger partial charge < -0.3 is 13.9 Å². The van der Waals surface area contributed by atoms with E-state index in [2.05, 4.69) is 26.0 Å². The zero-order valence-corrected chi connectivity index (χ0v) is 23.7. The number of carbonyl (C=O) groups is 1. The fourth-order valence-corrected chi connectivity index (χ4v) is 5.03. The lowest BCUT2D eigenvalue weighted by molar-refractivity contribution is -0.150. The number of carbonyl (C=O) groups excluding carboxylic acids is 1. The number of para-hydroxylation sites is 1. The molecule has 8 nitrogen and oxygen atoms in total. The van der Waals surface area contributed by atoms with Gasteiger partial charge in [-0.3, -0.25) is 4.79 Å². The minimum Gasteiger partial charge on any atom is -0.477 e. The lowest BCUT2D eigenvalue weighted by Crippen LogP contribution is -2.26. The van der Waals surface area contributed by atoms with E-state index in [0.29, 0.717) is 48.1 Å². The Morgan fingerprint density at radius 2 is 1.95 bits per heavy atom. The summed E-state index contributed by atoms with van der Waals surface area (Å²) in [6, 6.07) is 17.1. The first-order chi connectivity index (χ1) is 18.7. The van der Waals surface area contributed by atoms with E-state index in [0.717, 1.165) is 10.1 Å². The van der Waals surface area contributed by atoms with Crippen LogP contribution in [0.5, 0.6) is 5.75 Å². The molecule has 0 radical (unpaired) electrons. The summed E-state index contributed by atoms with van der Waals surface area (Å²) in [5.74, 6) is 0.285. The molecule has 0 N–H and O–H groups in total. The number of rotatable bonds is 7. The SMILES string of the molecule is CCOC(=O)[C@H](C)Oc1c(Br)cc(Cl)cc1C=Nn1c(-c2cc3cc(Cl)ccc3o2)nc2ccccc2c1=O. The maximum Gasteiger partial charge on any atom is 0.347 e. The molecule has 3 aromatic carbocycles. The first-order valence-electron chi connectivity index (χ1n) is 11.8. The number of ether oxygens (including phenoxy) is 2. The number of fused-ring (bicyclic) bond motifs is 2. The molecule has 0 saturated heterocycles. The molecule has 2 heterocycles. The summed E-state index contributed by atoms with van der Waals surface area (Å²) in [5.41, 5.74) is 1.07. The summed E-state index contributed by atoms with van der Waals surface area (Å²) in [6.07, 6.45) is 0.502. The van der Waals surface area contributed by atoms with Crippen LogP contribution < -0.4 is 10.3 Å². The van der Waals surface area contributed by atoms with Crippen molar-refractivity contribution in [2.45, 2.75) is 20.0 Å². The predicted octanol–water partition coefficient (Wildman–Crippen LogP) is 7.09. The third kappa shape index (κ3) is 5.56. The topological polar surface area (TPSA) is 95.9 Å². The van der Waals surface area contributed by atoms with Gasteiger partial charge in [-0.15, -0.1) is 0 Å².